The van der Waals surface area contributed by atoms with Crippen LogP contribution in [-0.2, 0) is 0 Å². The molecule has 2 heterocycles. The second-order valence-corrected chi connectivity index (χ2v) is 5.34. The van der Waals surface area contributed by atoms with Gasteiger partial charge in [0.1, 0.15) is 11.6 Å². The lowest BCUT2D eigenvalue weighted by molar-refractivity contribution is 0.425. The average molecular weight is 299 g/mol. The molecule has 114 valence electrons. The van der Waals surface area contributed by atoms with Gasteiger partial charge in [-0.25, -0.2) is 13.9 Å². The van der Waals surface area contributed by atoms with Gasteiger partial charge in [-0.3, -0.25) is 0 Å². The van der Waals surface area contributed by atoms with Gasteiger partial charge >= 0.3 is 0 Å². The van der Waals surface area contributed by atoms with E-state index in [1.54, 1.807) is 28.9 Å². The van der Waals surface area contributed by atoms with Gasteiger partial charge in [-0.2, -0.15) is 0 Å². The summed E-state index contributed by atoms with van der Waals surface area (Å²) in [6, 6.07) is 10.4. The van der Waals surface area contributed by atoms with E-state index in [0.717, 1.165) is 18.9 Å². The van der Waals surface area contributed by atoms with Crippen molar-refractivity contribution in [3.63, 3.8) is 0 Å². The molecule has 5 nitrogen and oxygen atoms in total. The van der Waals surface area contributed by atoms with Crippen LogP contribution in [0.15, 0.2) is 42.6 Å². The summed E-state index contributed by atoms with van der Waals surface area (Å²) >= 11 is 0. The number of nitrogens with one attached hydrogen (secondary N) is 1. The molecule has 1 N–H and O–H groups in total. The SMILES string of the molecule is CN(C)CCNc1ccc2ncc(-c3ccccc3F)n2n1. The van der Waals surface area contributed by atoms with Gasteiger partial charge in [0.2, 0.25) is 0 Å². The van der Waals surface area contributed by atoms with Crippen LogP contribution in [0, 0.1) is 5.82 Å². The smallest absolute Gasteiger partial charge is 0.154 e. The Kier molecular flexibility index (Phi) is 4.02. The molecule has 6 heteroatoms. The molecule has 0 aliphatic heterocycles. The molecule has 22 heavy (non-hydrogen) atoms. The summed E-state index contributed by atoms with van der Waals surface area (Å²) in [5.74, 6) is 0.460. The fraction of sp³-hybridized carbons (Fsp3) is 0.250. The first kappa shape index (κ1) is 14.5. The molecule has 0 bridgehead atoms. The fourth-order valence-electron chi connectivity index (χ4n) is 2.23. The van der Waals surface area contributed by atoms with Crippen molar-refractivity contribution < 1.29 is 4.39 Å². The number of fused-ring (bicyclic) bond motifs is 1. The Morgan fingerprint density at radius 1 is 1.18 bits per heavy atom. The highest BCUT2D eigenvalue weighted by Gasteiger charge is 2.11. The minimum Gasteiger partial charge on any atom is -0.367 e. The Morgan fingerprint density at radius 2 is 2.00 bits per heavy atom. The second-order valence-electron chi connectivity index (χ2n) is 5.34. The number of benzene rings is 1. The quantitative estimate of drug-likeness (QED) is 0.786. The summed E-state index contributed by atoms with van der Waals surface area (Å²) in [6.07, 6.45) is 1.64. The summed E-state index contributed by atoms with van der Waals surface area (Å²) in [5, 5.41) is 7.76. The highest BCUT2D eigenvalue weighted by molar-refractivity contribution is 5.64. The standard InChI is InChI=1S/C16H18FN5/c1-21(2)10-9-18-15-7-8-16-19-11-14(22(16)20-15)12-5-3-4-6-13(12)17/h3-8,11H,9-10H2,1-2H3,(H,18,20). The third kappa shape index (κ3) is 2.92. The first-order valence-corrected chi connectivity index (χ1v) is 7.13. The molecule has 0 aliphatic rings. The Hall–Kier alpha value is -2.47. The van der Waals surface area contributed by atoms with Gasteiger partial charge in [-0.1, -0.05) is 12.1 Å². The lowest BCUT2D eigenvalue weighted by Crippen LogP contribution is -2.21. The van der Waals surface area contributed by atoms with E-state index in [9.17, 15) is 4.39 Å². The minimum absolute atomic E-state index is 0.280. The maximum absolute atomic E-state index is 14.0. The van der Waals surface area contributed by atoms with Crippen molar-refractivity contribution in [2.75, 3.05) is 32.5 Å². The summed E-state index contributed by atoms with van der Waals surface area (Å²) in [4.78, 5) is 6.37. The van der Waals surface area contributed by atoms with Crippen molar-refractivity contribution in [2.24, 2.45) is 0 Å². The normalized spacial score (nSPS) is 11.3. The first-order chi connectivity index (χ1) is 10.6. The number of rotatable bonds is 5. The Bertz CT molecular complexity index is 781. The Balaban J connectivity index is 1.94. The van der Waals surface area contributed by atoms with Gasteiger partial charge in [-0.15, -0.1) is 5.10 Å². The van der Waals surface area contributed by atoms with Gasteiger partial charge < -0.3 is 10.2 Å². The molecule has 0 saturated carbocycles. The van der Waals surface area contributed by atoms with Crippen LogP contribution < -0.4 is 5.32 Å². The van der Waals surface area contributed by atoms with E-state index in [-0.39, 0.29) is 5.82 Å². The highest BCUT2D eigenvalue weighted by Crippen LogP contribution is 2.23. The average Bonchev–Trinajstić information content (AvgIpc) is 2.90. The van der Waals surface area contributed by atoms with Crippen LogP contribution in [0.3, 0.4) is 0 Å². The van der Waals surface area contributed by atoms with Crippen molar-refractivity contribution in [3.05, 3.63) is 48.4 Å². The van der Waals surface area contributed by atoms with Crippen molar-refractivity contribution in [1.82, 2.24) is 19.5 Å². The molecule has 0 fully saturated rings. The number of imidazole rings is 1. The molecule has 0 aliphatic carbocycles. The molecule has 1 aromatic carbocycles. The molecule has 0 unspecified atom stereocenters. The molecule has 2 aromatic heterocycles. The Morgan fingerprint density at radius 3 is 2.77 bits per heavy atom. The van der Waals surface area contributed by atoms with E-state index in [0.29, 0.717) is 16.9 Å². The molecule has 0 radical (unpaired) electrons. The van der Waals surface area contributed by atoms with Crippen LogP contribution in [-0.4, -0.2) is 46.7 Å². The van der Waals surface area contributed by atoms with Crippen LogP contribution in [0.4, 0.5) is 10.2 Å². The van der Waals surface area contributed by atoms with Crippen LogP contribution in [0.5, 0.6) is 0 Å². The van der Waals surface area contributed by atoms with Gasteiger partial charge in [0, 0.05) is 18.7 Å². The summed E-state index contributed by atoms with van der Waals surface area (Å²) < 4.78 is 15.6. The molecule has 3 rings (SSSR count). The van der Waals surface area contributed by atoms with Crippen LogP contribution >= 0.6 is 0 Å². The van der Waals surface area contributed by atoms with E-state index >= 15 is 0 Å². The summed E-state index contributed by atoms with van der Waals surface area (Å²) in [7, 11) is 4.04. The van der Waals surface area contributed by atoms with Gasteiger partial charge in [0.25, 0.3) is 0 Å². The number of likely N-dealkylation sites (N-methyl/N-ethyl adjacent to an activating group) is 1. The topological polar surface area (TPSA) is 45.5 Å². The summed E-state index contributed by atoms with van der Waals surface area (Å²) in [6.45, 7) is 1.69. The number of nitrogens with zero attached hydrogens (tertiary/aromatic N) is 4. The van der Waals surface area contributed by atoms with Crippen LogP contribution in [0.2, 0.25) is 0 Å². The van der Waals surface area contributed by atoms with Crippen molar-refractivity contribution >= 4 is 11.5 Å². The van der Waals surface area contributed by atoms with E-state index in [1.807, 2.05) is 26.2 Å². The van der Waals surface area contributed by atoms with Gasteiger partial charge in [-0.05, 0) is 38.4 Å². The van der Waals surface area contributed by atoms with E-state index < -0.39 is 0 Å². The molecule has 0 amide bonds. The Labute approximate surface area is 128 Å². The predicted molar refractivity (Wildman–Crippen MR) is 85.4 cm³/mol. The monoisotopic (exact) mass is 299 g/mol. The van der Waals surface area contributed by atoms with Gasteiger partial charge in [0.05, 0.1) is 11.9 Å². The predicted octanol–water partition coefficient (Wildman–Crippen LogP) is 2.51. The second kappa shape index (κ2) is 6.11. The minimum atomic E-state index is -0.280. The maximum atomic E-state index is 14.0. The molecule has 0 spiro atoms. The lowest BCUT2D eigenvalue weighted by atomic mass is 10.1. The molecule has 0 saturated heterocycles. The van der Waals surface area contributed by atoms with Crippen molar-refractivity contribution in [1.29, 1.82) is 0 Å². The van der Waals surface area contributed by atoms with E-state index in [2.05, 4.69) is 20.3 Å². The third-order valence-corrected chi connectivity index (χ3v) is 3.38. The summed E-state index contributed by atoms with van der Waals surface area (Å²) in [5.41, 5.74) is 1.83. The lowest BCUT2D eigenvalue weighted by Gasteiger charge is -2.11. The van der Waals surface area contributed by atoms with Gasteiger partial charge in [0.15, 0.2) is 5.65 Å². The molecule has 3 aromatic rings. The number of hydrogen-bond donors (Lipinski definition) is 1. The van der Waals surface area contributed by atoms with Crippen LogP contribution in [0.1, 0.15) is 0 Å². The number of anilines is 1. The van der Waals surface area contributed by atoms with Crippen LogP contribution in [0.25, 0.3) is 16.9 Å². The molecule has 0 atom stereocenters. The number of halogens is 1. The fourth-order valence-corrected chi connectivity index (χ4v) is 2.23. The van der Waals surface area contributed by atoms with E-state index in [1.165, 1.54) is 6.07 Å². The first-order valence-electron chi connectivity index (χ1n) is 7.13. The number of hydrogen-bond acceptors (Lipinski definition) is 4. The highest BCUT2D eigenvalue weighted by atomic mass is 19.1. The zero-order chi connectivity index (χ0) is 15.5. The third-order valence-electron chi connectivity index (χ3n) is 3.38. The zero-order valence-corrected chi connectivity index (χ0v) is 12.6. The largest absolute Gasteiger partial charge is 0.367 e. The van der Waals surface area contributed by atoms with Crippen molar-refractivity contribution in [3.8, 4) is 11.3 Å². The van der Waals surface area contributed by atoms with Crippen molar-refractivity contribution in [2.45, 2.75) is 0 Å². The zero-order valence-electron chi connectivity index (χ0n) is 12.6. The molecular weight excluding hydrogens is 281 g/mol. The number of aromatic nitrogens is 3. The van der Waals surface area contributed by atoms with E-state index in [4.69, 9.17) is 0 Å². The molecular formula is C16H18FN5. The maximum Gasteiger partial charge on any atom is 0.154 e.